The van der Waals surface area contributed by atoms with Crippen molar-refractivity contribution in [2.45, 2.75) is 70.1 Å². The summed E-state index contributed by atoms with van der Waals surface area (Å²) in [6.07, 6.45) is 0.505. The van der Waals surface area contributed by atoms with Crippen molar-refractivity contribution in [3.8, 4) is 0 Å². The van der Waals surface area contributed by atoms with E-state index >= 15 is 0 Å². The summed E-state index contributed by atoms with van der Waals surface area (Å²) >= 11 is 0. The first-order valence-electron chi connectivity index (χ1n) is 7.63. The van der Waals surface area contributed by atoms with E-state index in [0.29, 0.717) is 25.3 Å². The number of rotatable bonds is 4. The van der Waals surface area contributed by atoms with Gasteiger partial charge in [0, 0.05) is 24.2 Å². The zero-order valence-corrected chi connectivity index (χ0v) is 12.7. The van der Waals surface area contributed by atoms with Gasteiger partial charge in [-0.2, -0.15) is 18.3 Å². The molecule has 3 unspecified atom stereocenters. The number of aromatic nitrogens is 2. The molecular formula is C15H24F3N3. The molecule has 2 N–H and O–H groups in total. The van der Waals surface area contributed by atoms with Gasteiger partial charge < -0.3 is 5.73 Å². The fourth-order valence-electron chi connectivity index (χ4n) is 3.10. The minimum atomic E-state index is -4.14. The SMILES string of the molecule is CCC(C)n1ccc(CC2(N)CCCC(C(F)(F)F)C2)n1. The van der Waals surface area contributed by atoms with Crippen molar-refractivity contribution < 1.29 is 13.2 Å². The first-order valence-corrected chi connectivity index (χ1v) is 7.63. The van der Waals surface area contributed by atoms with Gasteiger partial charge in [0.1, 0.15) is 0 Å². The predicted molar refractivity (Wildman–Crippen MR) is 75.9 cm³/mol. The van der Waals surface area contributed by atoms with Crippen LogP contribution >= 0.6 is 0 Å². The van der Waals surface area contributed by atoms with Gasteiger partial charge in [-0.1, -0.05) is 13.3 Å². The van der Waals surface area contributed by atoms with Crippen LogP contribution in [0.25, 0.3) is 0 Å². The Morgan fingerprint density at radius 2 is 2.24 bits per heavy atom. The van der Waals surface area contributed by atoms with Gasteiger partial charge in [-0.25, -0.2) is 0 Å². The Hall–Kier alpha value is -1.04. The van der Waals surface area contributed by atoms with Crippen LogP contribution in [0, 0.1) is 5.92 Å². The Balaban J connectivity index is 2.05. The van der Waals surface area contributed by atoms with Gasteiger partial charge >= 0.3 is 6.18 Å². The van der Waals surface area contributed by atoms with Crippen molar-refractivity contribution in [1.29, 1.82) is 0 Å². The van der Waals surface area contributed by atoms with E-state index in [1.165, 1.54) is 0 Å². The lowest BCUT2D eigenvalue weighted by molar-refractivity contribution is -0.187. The topological polar surface area (TPSA) is 43.8 Å². The molecule has 0 bridgehead atoms. The van der Waals surface area contributed by atoms with Crippen LogP contribution in [-0.2, 0) is 6.42 Å². The molecule has 6 heteroatoms. The van der Waals surface area contributed by atoms with Gasteiger partial charge in [0.05, 0.1) is 11.6 Å². The molecule has 1 aliphatic rings. The molecule has 0 amide bonds. The highest BCUT2D eigenvalue weighted by molar-refractivity contribution is 5.08. The molecule has 1 aliphatic carbocycles. The second-order valence-electron chi connectivity index (χ2n) is 6.42. The van der Waals surface area contributed by atoms with Crippen LogP contribution < -0.4 is 5.73 Å². The van der Waals surface area contributed by atoms with Gasteiger partial charge in [0.15, 0.2) is 0 Å². The maximum absolute atomic E-state index is 12.9. The van der Waals surface area contributed by atoms with E-state index in [1.807, 2.05) is 16.9 Å². The fourth-order valence-corrected chi connectivity index (χ4v) is 3.10. The lowest BCUT2D eigenvalue weighted by Gasteiger charge is -2.38. The number of hydrogen-bond donors (Lipinski definition) is 1. The summed E-state index contributed by atoms with van der Waals surface area (Å²) in [5.74, 6) is -1.27. The highest BCUT2D eigenvalue weighted by Gasteiger charge is 2.46. The molecule has 0 spiro atoms. The first kappa shape index (κ1) is 16.3. The lowest BCUT2D eigenvalue weighted by Crippen LogP contribution is -2.49. The Morgan fingerprint density at radius 1 is 1.52 bits per heavy atom. The smallest absolute Gasteiger partial charge is 0.325 e. The van der Waals surface area contributed by atoms with Crippen LogP contribution in [0.1, 0.15) is 57.7 Å². The lowest BCUT2D eigenvalue weighted by atomic mass is 9.74. The maximum atomic E-state index is 12.9. The molecule has 0 radical (unpaired) electrons. The molecule has 21 heavy (non-hydrogen) atoms. The molecule has 3 atom stereocenters. The van der Waals surface area contributed by atoms with Crippen molar-refractivity contribution in [3.05, 3.63) is 18.0 Å². The van der Waals surface area contributed by atoms with Gasteiger partial charge in [-0.15, -0.1) is 0 Å². The summed E-state index contributed by atoms with van der Waals surface area (Å²) in [6, 6.07) is 2.17. The van der Waals surface area contributed by atoms with Crippen LogP contribution in [-0.4, -0.2) is 21.5 Å². The quantitative estimate of drug-likeness (QED) is 0.918. The van der Waals surface area contributed by atoms with Gasteiger partial charge in [-0.05, 0) is 38.7 Å². The second kappa shape index (κ2) is 5.99. The van der Waals surface area contributed by atoms with Crippen LogP contribution in [0.4, 0.5) is 13.2 Å². The standard InChI is InChI=1S/C15H24F3N3/c1-3-11(2)21-8-6-13(20-21)10-14(19)7-4-5-12(9-14)15(16,17)18/h6,8,11-12H,3-5,7,9-10,19H2,1-2H3. The number of nitrogens with two attached hydrogens (primary N) is 1. The maximum Gasteiger partial charge on any atom is 0.391 e. The van der Waals surface area contributed by atoms with Crippen molar-refractivity contribution in [2.24, 2.45) is 11.7 Å². The zero-order valence-electron chi connectivity index (χ0n) is 12.7. The minimum Gasteiger partial charge on any atom is -0.325 e. The Bertz CT molecular complexity index is 469. The van der Waals surface area contributed by atoms with Crippen LogP contribution in [0.5, 0.6) is 0 Å². The van der Waals surface area contributed by atoms with E-state index < -0.39 is 17.6 Å². The summed E-state index contributed by atoms with van der Waals surface area (Å²) in [6.45, 7) is 4.14. The number of halogens is 3. The Kier molecular flexibility index (Phi) is 4.66. The summed E-state index contributed by atoms with van der Waals surface area (Å²) in [5, 5.41) is 4.46. The molecule has 0 aromatic carbocycles. The Morgan fingerprint density at radius 3 is 2.86 bits per heavy atom. The van der Waals surface area contributed by atoms with E-state index in [2.05, 4.69) is 18.9 Å². The molecule has 1 aromatic rings. The van der Waals surface area contributed by atoms with E-state index in [0.717, 1.165) is 12.1 Å². The highest BCUT2D eigenvalue weighted by atomic mass is 19.4. The van der Waals surface area contributed by atoms with Gasteiger partial charge in [0.25, 0.3) is 0 Å². The normalized spacial score (nSPS) is 28.6. The Labute approximate surface area is 123 Å². The van der Waals surface area contributed by atoms with E-state index in [4.69, 9.17) is 5.73 Å². The highest BCUT2D eigenvalue weighted by Crippen LogP contribution is 2.41. The van der Waals surface area contributed by atoms with Gasteiger partial charge in [-0.3, -0.25) is 4.68 Å². The third kappa shape index (κ3) is 3.99. The largest absolute Gasteiger partial charge is 0.391 e. The van der Waals surface area contributed by atoms with E-state index in [1.54, 1.807) is 0 Å². The molecular weight excluding hydrogens is 279 g/mol. The molecule has 0 saturated heterocycles. The third-order valence-corrected chi connectivity index (χ3v) is 4.58. The molecule has 0 aliphatic heterocycles. The van der Waals surface area contributed by atoms with Crippen molar-refractivity contribution in [3.63, 3.8) is 0 Å². The number of nitrogens with zero attached hydrogens (tertiary/aromatic N) is 2. The molecule has 1 aromatic heterocycles. The minimum absolute atomic E-state index is 0.00664. The molecule has 120 valence electrons. The summed E-state index contributed by atoms with van der Waals surface area (Å²) < 4.78 is 40.6. The van der Waals surface area contributed by atoms with E-state index in [9.17, 15) is 13.2 Å². The molecule has 3 nitrogen and oxygen atoms in total. The fraction of sp³-hybridized carbons (Fsp3) is 0.800. The average Bonchev–Trinajstić information content (AvgIpc) is 2.84. The van der Waals surface area contributed by atoms with Crippen molar-refractivity contribution in [1.82, 2.24) is 9.78 Å². The second-order valence-corrected chi connectivity index (χ2v) is 6.42. The predicted octanol–water partition coefficient (Wildman–Crippen LogP) is 3.85. The van der Waals surface area contributed by atoms with Crippen LogP contribution in [0.2, 0.25) is 0 Å². The molecule has 1 fully saturated rings. The zero-order chi connectivity index (χ0) is 15.7. The summed E-state index contributed by atoms with van der Waals surface area (Å²) in [4.78, 5) is 0. The molecule has 2 rings (SSSR count). The summed E-state index contributed by atoms with van der Waals surface area (Å²) in [5.41, 5.74) is 6.25. The van der Waals surface area contributed by atoms with Crippen LogP contribution in [0.3, 0.4) is 0 Å². The van der Waals surface area contributed by atoms with E-state index in [-0.39, 0.29) is 12.8 Å². The van der Waals surface area contributed by atoms with Crippen molar-refractivity contribution in [2.75, 3.05) is 0 Å². The number of hydrogen-bond acceptors (Lipinski definition) is 2. The van der Waals surface area contributed by atoms with Crippen molar-refractivity contribution >= 4 is 0 Å². The first-order chi connectivity index (χ1) is 9.73. The monoisotopic (exact) mass is 303 g/mol. The molecule has 1 heterocycles. The summed E-state index contributed by atoms with van der Waals surface area (Å²) in [7, 11) is 0. The average molecular weight is 303 g/mol. The van der Waals surface area contributed by atoms with Gasteiger partial charge in [0.2, 0.25) is 0 Å². The molecule has 1 saturated carbocycles. The number of alkyl halides is 3. The third-order valence-electron chi connectivity index (χ3n) is 4.58. The van der Waals surface area contributed by atoms with Crippen LogP contribution in [0.15, 0.2) is 12.3 Å².